The van der Waals surface area contributed by atoms with E-state index in [4.69, 9.17) is 0 Å². The Kier molecular flexibility index (Phi) is 5.81. The Balaban J connectivity index is 1.59. The van der Waals surface area contributed by atoms with Crippen LogP contribution in [0.2, 0.25) is 0 Å². The highest BCUT2D eigenvalue weighted by Crippen LogP contribution is 2.36. The Bertz CT molecular complexity index is 867. The molecule has 140 valence electrons. The first-order chi connectivity index (χ1) is 13.0. The van der Waals surface area contributed by atoms with Crippen LogP contribution in [0, 0.1) is 0 Å². The molecule has 3 amide bonds. The Morgan fingerprint density at radius 3 is 2.56 bits per heavy atom. The summed E-state index contributed by atoms with van der Waals surface area (Å²) >= 11 is 1.42. The zero-order chi connectivity index (χ0) is 19.4. The fourth-order valence-corrected chi connectivity index (χ4v) is 3.91. The van der Waals surface area contributed by atoms with Gasteiger partial charge >= 0.3 is 0 Å². The lowest BCUT2D eigenvalue weighted by atomic mass is 10.1. The van der Waals surface area contributed by atoms with Gasteiger partial charge < -0.3 is 15.5 Å². The monoisotopic (exact) mass is 383 g/mol. The zero-order valence-corrected chi connectivity index (χ0v) is 16.0. The summed E-state index contributed by atoms with van der Waals surface area (Å²) in [5, 5.41) is 4.99. The number of nitrogens with zero attached hydrogens (tertiary/aromatic N) is 1. The predicted octanol–water partition coefficient (Wildman–Crippen LogP) is 2.51. The number of hydrogen-bond donors (Lipinski definition) is 2. The van der Waals surface area contributed by atoms with Crippen molar-refractivity contribution in [2.75, 3.05) is 19.4 Å². The van der Waals surface area contributed by atoms with E-state index in [0.717, 1.165) is 16.1 Å². The largest absolute Gasteiger partial charge is 0.355 e. The average molecular weight is 383 g/mol. The zero-order valence-electron chi connectivity index (χ0n) is 15.2. The summed E-state index contributed by atoms with van der Waals surface area (Å²) in [5.74, 6) is -0.389. The fraction of sp³-hybridized carbons (Fsp3) is 0.250. The van der Waals surface area contributed by atoms with E-state index < -0.39 is 5.25 Å². The lowest BCUT2D eigenvalue weighted by molar-refractivity contribution is -0.131. The summed E-state index contributed by atoms with van der Waals surface area (Å²) in [4.78, 5) is 39.0. The maximum absolute atomic E-state index is 12.6. The molecule has 2 aromatic carbocycles. The van der Waals surface area contributed by atoms with E-state index in [-0.39, 0.29) is 24.1 Å². The van der Waals surface area contributed by atoms with Crippen LogP contribution in [-0.4, -0.2) is 42.0 Å². The highest BCUT2D eigenvalue weighted by Gasteiger charge is 2.29. The number of thioether (sulfide) groups is 1. The van der Waals surface area contributed by atoms with Crippen LogP contribution in [0.25, 0.3) is 0 Å². The van der Waals surface area contributed by atoms with E-state index in [1.807, 2.05) is 36.4 Å². The van der Waals surface area contributed by atoms with Gasteiger partial charge in [0.1, 0.15) is 0 Å². The number of hydrogen-bond acceptors (Lipinski definition) is 4. The number of carbonyl (C=O) groups excluding carboxylic acids is 3. The first-order valence-corrected chi connectivity index (χ1v) is 9.47. The number of benzene rings is 2. The first-order valence-electron chi connectivity index (χ1n) is 8.59. The van der Waals surface area contributed by atoms with Crippen LogP contribution in [0.1, 0.15) is 22.3 Å². The predicted molar refractivity (Wildman–Crippen MR) is 106 cm³/mol. The van der Waals surface area contributed by atoms with Crippen molar-refractivity contribution in [3.63, 3.8) is 0 Å². The second kappa shape index (κ2) is 8.26. The van der Waals surface area contributed by atoms with E-state index in [9.17, 15) is 14.4 Å². The molecule has 0 aliphatic carbocycles. The highest BCUT2D eigenvalue weighted by molar-refractivity contribution is 8.01. The van der Waals surface area contributed by atoms with Crippen molar-refractivity contribution in [3.8, 4) is 0 Å². The average Bonchev–Trinajstić information content (AvgIpc) is 2.68. The molecule has 7 heteroatoms. The van der Waals surface area contributed by atoms with Crippen molar-refractivity contribution in [2.45, 2.75) is 23.1 Å². The lowest BCUT2D eigenvalue weighted by Crippen LogP contribution is -2.35. The van der Waals surface area contributed by atoms with Gasteiger partial charge in [0.05, 0.1) is 10.9 Å². The van der Waals surface area contributed by atoms with E-state index in [0.29, 0.717) is 12.1 Å². The minimum Gasteiger partial charge on any atom is -0.355 e. The number of fused-ring (bicyclic) bond motifs is 1. The van der Waals surface area contributed by atoms with Crippen LogP contribution < -0.4 is 10.6 Å². The Morgan fingerprint density at radius 1 is 1.15 bits per heavy atom. The van der Waals surface area contributed by atoms with E-state index in [2.05, 4.69) is 10.6 Å². The fourth-order valence-electron chi connectivity index (χ4n) is 2.81. The number of carbonyl (C=O) groups is 3. The Labute approximate surface area is 162 Å². The number of amides is 3. The van der Waals surface area contributed by atoms with Crippen LogP contribution in [0.15, 0.2) is 53.4 Å². The van der Waals surface area contributed by atoms with Crippen LogP contribution in [0.5, 0.6) is 0 Å². The van der Waals surface area contributed by atoms with Crippen molar-refractivity contribution in [1.82, 2.24) is 10.2 Å². The van der Waals surface area contributed by atoms with Crippen molar-refractivity contribution < 1.29 is 14.4 Å². The minimum atomic E-state index is -0.439. The topological polar surface area (TPSA) is 78.5 Å². The SMILES string of the molecule is CNC(=O)c1ccc(CN(C)C(=O)C[C@@H]2Sc3ccccc3NC2=O)cc1. The van der Waals surface area contributed by atoms with E-state index in [1.165, 1.54) is 11.8 Å². The second-order valence-corrected chi connectivity index (χ2v) is 7.57. The van der Waals surface area contributed by atoms with Gasteiger partial charge in [-0.3, -0.25) is 14.4 Å². The van der Waals surface area contributed by atoms with Gasteiger partial charge in [0.15, 0.2) is 0 Å². The van der Waals surface area contributed by atoms with Crippen molar-refractivity contribution >= 4 is 35.2 Å². The molecule has 0 spiro atoms. The van der Waals surface area contributed by atoms with Gasteiger partial charge in [-0.05, 0) is 29.8 Å². The normalized spacial score (nSPS) is 15.5. The summed E-state index contributed by atoms with van der Waals surface area (Å²) in [6.45, 7) is 0.419. The Hall–Kier alpha value is -2.80. The summed E-state index contributed by atoms with van der Waals surface area (Å²) in [6, 6.07) is 14.7. The van der Waals surface area contributed by atoms with Gasteiger partial charge in [-0.1, -0.05) is 24.3 Å². The molecule has 0 saturated heterocycles. The highest BCUT2D eigenvalue weighted by atomic mass is 32.2. The molecule has 2 aromatic rings. The number of para-hydroxylation sites is 1. The van der Waals surface area contributed by atoms with E-state index in [1.54, 1.807) is 31.1 Å². The minimum absolute atomic E-state index is 0.0996. The lowest BCUT2D eigenvalue weighted by Gasteiger charge is -2.25. The molecule has 27 heavy (non-hydrogen) atoms. The quantitative estimate of drug-likeness (QED) is 0.832. The van der Waals surface area contributed by atoms with Gasteiger partial charge in [-0.15, -0.1) is 11.8 Å². The molecule has 3 rings (SSSR count). The first kappa shape index (κ1) is 19.0. The molecule has 1 aliphatic rings. The third-order valence-corrected chi connectivity index (χ3v) is 5.63. The molecule has 0 saturated carbocycles. The summed E-state index contributed by atoms with van der Waals surface area (Å²) in [6.07, 6.45) is 0.137. The summed E-state index contributed by atoms with van der Waals surface area (Å²) in [5.41, 5.74) is 2.29. The van der Waals surface area contributed by atoms with Gasteiger partial charge in [-0.2, -0.15) is 0 Å². The molecule has 0 bridgehead atoms. The van der Waals surface area contributed by atoms with Crippen LogP contribution >= 0.6 is 11.8 Å². The third kappa shape index (κ3) is 4.49. The molecule has 0 fully saturated rings. The summed E-state index contributed by atoms with van der Waals surface area (Å²) in [7, 11) is 3.30. The second-order valence-electron chi connectivity index (χ2n) is 6.32. The molecule has 0 radical (unpaired) electrons. The molecule has 1 atom stereocenters. The standard InChI is InChI=1S/C20H21N3O3S/c1-21-19(25)14-9-7-13(8-10-14)12-23(2)18(24)11-17-20(26)22-15-5-3-4-6-16(15)27-17/h3-10,17H,11-12H2,1-2H3,(H,21,25)(H,22,26)/t17-/m0/s1. The van der Waals surface area contributed by atoms with E-state index >= 15 is 0 Å². The molecule has 1 aliphatic heterocycles. The molecule has 1 heterocycles. The van der Waals surface area contributed by atoms with Crippen LogP contribution in [-0.2, 0) is 16.1 Å². The summed E-state index contributed by atoms with van der Waals surface area (Å²) < 4.78 is 0. The van der Waals surface area contributed by atoms with Gasteiger partial charge in [-0.25, -0.2) is 0 Å². The van der Waals surface area contributed by atoms with Crippen molar-refractivity contribution in [2.24, 2.45) is 0 Å². The Morgan fingerprint density at radius 2 is 1.85 bits per heavy atom. The molecule has 0 aromatic heterocycles. The number of anilines is 1. The number of nitrogens with one attached hydrogen (secondary N) is 2. The molecular formula is C20H21N3O3S. The molecule has 0 unspecified atom stereocenters. The van der Waals surface area contributed by atoms with Crippen molar-refractivity contribution in [1.29, 1.82) is 0 Å². The number of rotatable bonds is 5. The maximum Gasteiger partial charge on any atom is 0.251 e. The van der Waals surface area contributed by atoms with Crippen LogP contribution in [0.4, 0.5) is 5.69 Å². The van der Waals surface area contributed by atoms with Gasteiger partial charge in [0.25, 0.3) is 5.91 Å². The molecule has 2 N–H and O–H groups in total. The van der Waals surface area contributed by atoms with Gasteiger partial charge in [0, 0.05) is 37.5 Å². The van der Waals surface area contributed by atoms with Crippen LogP contribution in [0.3, 0.4) is 0 Å². The molecular weight excluding hydrogens is 362 g/mol. The van der Waals surface area contributed by atoms with Crippen molar-refractivity contribution in [3.05, 3.63) is 59.7 Å². The third-order valence-electron chi connectivity index (χ3n) is 4.36. The van der Waals surface area contributed by atoms with Gasteiger partial charge in [0.2, 0.25) is 11.8 Å². The maximum atomic E-state index is 12.6. The smallest absolute Gasteiger partial charge is 0.251 e. The molecule has 6 nitrogen and oxygen atoms in total.